The van der Waals surface area contributed by atoms with Crippen molar-refractivity contribution >= 4 is 28.8 Å². The SMILES string of the molecule is CCCO/C=C(\C(=O)O)C(CSC(C)=O)C(=O)OC(C)(C)C. The number of carbonyl (C=O) groups excluding carboxylic acids is 2. The van der Waals surface area contributed by atoms with Gasteiger partial charge in [-0.3, -0.25) is 9.59 Å². The fraction of sp³-hybridized carbons (Fsp3) is 0.667. The molecule has 0 bridgehead atoms. The van der Waals surface area contributed by atoms with Gasteiger partial charge in [0.25, 0.3) is 0 Å². The third kappa shape index (κ3) is 8.71. The third-order valence-electron chi connectivity index (χ3n) is 2.30. The Morgan fingerprint density at radius 3 is 2.27 bits per heavy atom. The molecule has 6 nitrogen and oxygen atoms in total. The molecule has 1 unspecified atom stereocenters. The molecule has 0 fully saturated rings. The van der Waals surface area contributed by atoms with Crippen LogP contribution in [0.1, 0.15) is 41.0 Å². The summed E-state index contributed by atoms with van der Waals surface area (Å²) in [5.74, 6) is -3.02. The molecular weight excluding hydrogens is 308 g/mol. The van der Waals surface area contributed by atoms with Gasteiger partial charge in [-0.05, 0) is 27.2 Å². The number of aliphatic carboxylic acids is 1. The number of ether oxygens (including phenoxy) is 2. The van der Waals surface area contributed by atoms with Crippen LogP contribution < -0.4 is 0 Å². The zero-order chi connectivity index (χ0) is 17.3. The van der Waals surface area contributed by atoms with Gasteiger partial charge in [-0.1, -0.05) is 18.7 Å². The molecule has 0 saturated heterocycles. The Balaban J connectivity index is 5.30. The first-order chi connectivity index (χ1) is 10.1. The second kappa shape index (κ2) is 9.50. The monoisotopic (exact) mass is 332 g/mol. The van der Waals surface area contributed by atoms with Crippen molar-refractivity contribution in [3.8, 4) is 0 Å². The Morgan fingerprint density at radius 2 is 1.86 bits per heavy atom. The Hall–Kier alpha value is -1.50. The molecule has 22 heavy (non-hydrogen) atoms. The van der Waals surface area contributed by atoms with Crippen molar-refractivity contribution in [2.75, 3.05) is 12.4 Å². The van der Waals surface area contributed by atoms with Crippen LogP contribution in [0.15, 0.2) is 11.8 Å². The summed E-state index contributed by atoms with van der Waals surface area (Å²) in [6, 6.07) is 0. The zero-order valence-electron chi connectivity index (χ0n) is 13.7. The molecule has 126 valence electrons. The van der Waals surface area contributed by atoms with Gasteiger partial charge in [-0.25, -0.2) is 4.79 Å². The van der Waals surface area contributed by atoms with Gasteiger partial charge in [0.1, 0.15) is 11.5 Å². The van der Waals surface area contributed by atoms with Crippen LogP contribution in [0, 0.1) is 5.92 Å². The van der Waals surface area contributed by atoms with Crippen LogP contribution in [-0.4, -0.2) is 40.1 Å². The molecule has 7 heteroatoms. The molecular formula is C15H24O6S. The van der Waals surface area contributed by atoms with Crippen LogP contribution in [0.3, 0.4) is 0 Å². The van der Waals surface area contributed by atoms with Gasteiger partial charge in [0.05, 0.1) is 18.4 Å². The Bertz CT molecular complexity index is 436. The van der Waals surface area contributed by atoms with E-state index < -0.39 is 23.5 Å². The van der Waals surface area contributed by atoms with Gasteiger partial charge >= 0.3 is 11.9 Å². The molecule has 0 saturated carbocycles. The summed E-state index contributed by atoms with van der Waals surface area (Å²) >= 11 is 0.879. The summed E-state index contributed by atoms with van der Waals surface area (Å²) in [5, 5.41) is 9.10. The number of rotatable bonds is 8. The highest BCUT2D eigenvalue weighted by atomic mass is 32.2. The lowest BCUT2D eigenvalue weighted by atomic mass is 10.0. The number of carbonyl (C=O) groups is 3. The number of carboxylic acids is 1. The molecule has 0 aromatic heterocycles. The van der Waals surface area contributed by atoms with Crippen LogP contribution in [0.2, 0.25) is 0 Å². The van der Waals surface area contributed by atoms with E-state index in [4.69, 9.17) is 9.47 Å². The van der Waals surface area contributed by atoms with Gasteiger partial charge in [0.2, 0.25) is 0 Å². The molecule has 0 spiro atoms. The Kier molecular flexibility index (Phi) is 8.86. The van der Waals surface area contributed by atoms with E-state index in [9.17, 15) is 19.5 Å². The molecule has 0 aliphatic heterocycles. The van der Waals surface area contributed by atoms with Crippen molar-refractivity contribution in [3.05, 3.63) is 11.8 Å². The van der Waals surface area contributed by atoms with E-state index in [1.54, 1.807) is 20.8 Å². The van der Waals surface area contributed by atoms with Crippen molar-refractivity contribution in [1.29, 1.82) is 0 Å². The topological polar surface area (TPSA) is 89.9 Å². The normalized spacial score (nSPS) is 13.4. The van der Waals surface area contributed by atoms with Crippen LogP contribution >= 0.6 is 11.8 Å². The maximum Gasteiger partial charge on any atom is 0.335 e. The Morgan fingerprint density at radius 1 is 1.27 bits per heavy atom. The average molecular weight is 332 g/mol. The summed E-state index contributed by atoms with van der Waals surface area (Å²) in [6.45, 7) is 8.66. The number of hydrogen-bond donors (Lipinski definition) is 1. The molecule has 0 aliphatic carbocycles. The summed E-state index contributed by atoms with van der Waals surface area (Å²) in [5.41, 5.74) is -0.958. The molecule has 0 amide bonds. The van der Waals surface area contributed by atoms with E-state index >= 15 is 0 Å². The molecule has 0 aliphatic rings. The van der Waals surface area contributed by atoms with Crippen molar-refractivity contribution in [2.24, 2.45) is 5.92 Å². The largest absolute Gasteiger partial charge is 0.501 e. The molecule has 0 heterocycles. The van der Waals surface area contributed by atoms with E-state index in [-0.39, 0.29) is 16.4 Å². The van der Waals surface area contributed by atoms with Crippen LogP contribution in [0.4, 0.5) is 0 Å². The highest BCUT2D eigenvalue weighted by molar-refractivity contribution is 8.13. The van der Waals surface area contributed by atoms with Gasteiger partial charge in [0.15, 0.2) is 5.12 Å². The summed E-state index contributed by atoms with van der Waals surface area (Å²) in [6.07, 6.45) is 1.78. The van der Waals surface area contributed by atoms with E-state index in [0.717, 1.165) is 18.0 Å². The molecule has 1 atom stereocenters. The highest BCUT2D eigenvalue weighted by Crippen LogP contribution is 2.23. The lowest BCUT2D eigenvalue weighted by molar-refractivity contribution is -0.159. The quantitative estimate of drug-likeness (QED) is 0.316. The van der Waals surface area contributed by atoms with Crippen LogP contribution in [0.25, 0.3) is 0 Å². The van der Waals surface area contributed by atoms with E-state index in [1.165, 1.54) is 6.92 Å². The number of hydrogen-bond acceptors (Lipinski definition) is 6. The summed E-state index contributed by atoms with van der Waals surface area (Å²) in [7, 11) is 0. The lowest BCUT2D eigenvalue weighted by Gasteiger charge is -2.24. The predicted octanol–water partition coefficient (Wildman–Crippen LogP) is 2.62. The minimum absolute atomic E-state index is 0.00212. The first-order valence-electron chi connectivity index (χ1n) is 6.99. The Labute approximate surface area is 135 Å². The van der Waals surface area contributed by atoms with Crippen molar-refractivity contribution in [1.82, 2.24) is 0 Å². The number of carboxylic acid groups (broad SMARTS) is 1. The maximum atomic E-state index is 12.2. The molecule has 0 rings (SSSR count). The van der Waals surface area contributed by atoms with Crippen molar-refractivity contribution in [3.63, 3.8) is 0 Å². The molecule has 0 radical (unpaired) electrons. The first-order valence-corrected chi connectivity index (χ1v) is 7.98. The molecule has 0 aromatic rings. The zero-order valence-corrected chi connectivity index (χ0v) is 14.5. The minimum atomic E-state index is -1.27. The van der Waals surface area contributed by atoms with Gasteiger partial charge in [-0.15, -0.1) is 0 Å². The minimum Gasteiger partial charge on any atom is -0.501 e. The summed E-state index contributed by atoms with van der Waals surface area (Å²) < 4.78 is 10.4. The number of thioether (sulfide) groups is 1. The second-order valence-electron chi connectivity index (χ2n) is 5.64. The van der Waals surface area contributed by atoms with Gasteiger partial charge in [0, 0.05) is 12.7 Å². The second-order valence-corrected chi connectivity index (χ2v) is 6.83. The van der Waals surface area contributed by atoms with Gasteiger partial charge in [-0.2, -0.15) is 0 Å². The van der Waals surface area contributed by atoms with Gasteiger partial charge < -0.3 is 14.6 Å². The maximum absolute atomic E-state index is 12.2. The molecule has 1 N–H and O–H groups in total. The van der Waals surface area contributed by atoms with E-state index in [2.05, 4.69) is 0 Å². The lowest BCUT2D eigenvalue weighted by Crippen LogP contribution is -2.33. The van der Waals surface area contributed by atoms with Crippen molar-refractivity contribution in [2.45, 2.75) is 46.6 Å². The molecule has 0 aromatic carbocycles. The van der Waals surface area contributed by atoms with Crippen LogP contribution in [-0.2, 0) is 23.9 Å². The standard InChI is InChI=1S/C15H24O6S/c1-6-7-20-8-11(13(17)18)12(9-22-10(2)16)14(19)21-15(3,4)5/h8,12H,6-7,9H2,1-5H3,(H,17,18)/b11-8-. The van der Waals surface area contributed by atoms with E-state index in [0.29, 0.717) is 13.0 Å². The fourth-order valence-corrected chi connectivity index (χ4v) is 2.12. The fourth-order valence-electron chi connectivity index (χ4n) is 1.41. The predicted molar refractivity (Wildman–Crippen MR) is 84.4 cm³/mol. The summed E-state index contributed by atoms with van der Waals surface area (Å²) in [4.78, 5) is 34.8. The first kappa shape index (κ1) is 20.5. The third-order valence-corrected chi connectivity index (χ3v) is 3.21. The highest BCUT2D eigenvalue weighted by Gasteiger charge is 2.32. The number of esters is 1. The smallest absolute Gasteiger partial charge is 0.335 e. The van der Waals surface area contributed by atoms with Crippen LogP contribution in [0.5, 0.6) is 0 Å². The average Bonchev–Trinajstić information content (AvgIpc) is 2.34. The van der Waals surface area contributed by atoms with Crippen molar-refractivity contribution < 1.29 is 29.0 Å². The van der Waals surface area contributed by atoms with E-state index in [1.807, 2.05) is 6.92 Å².